The number of ether oxygens (including phenoxy) is 1. The number of piperazine rings is 1. The zero-order valence-electron chi connectivity index (χ0n) is 15.9. The second-order valence-corrected chi connectivity index (χ2v) is 8.50. The molecule has 6 heteroatoms. The SMILES string of the molecule is C=C(C)COC[C@H]1CN(C2=Nc3ccccc3Nc3sc(C)cc32)CCN1. The fourth-order valence-electron chi connectivity index (χ4n) is 3.49. The van der Waals surface area contributed by atoms with Crippen molar-refractivity contribution in [2.45, 2.75) is 19.9 Å². The third kappa shape index (κ3) is 4.08. The smallest absolute Gasteiger partial charge is 0.139 e. The minimum Gasteiger partial charge on any atom is -0.375 e. The van der Waals surface area contributed by atoms with E-state index in [4.69, 9.17) is 9.73 Å². The van der Waals surface area contributed by atoms with Gasteiger partial charge in [0.05, 0.1) is 30.2 Å². The first-order valence-electron chi connectivity index (χ1n) is 9.36. The maximum absolute atomic E-state index is 5.79. The van der Waals surface area contributed by atoms with Crippen LogP contribution in [0.15, 0.2) is 47.5 Å². The van der Waals surface area contributed by atoms with Crippen LogP contribution in [0.5, 0.6) is 0 Å². The number of amidine groups is 1. The van der Waals surface area contributed by atoms with Gasteiger partial charge < -0.3 is 20.3 Å². The van der Waals surface area contributed by atoms with Crippen molar-refractivity contribution in [1.82, 2.24) is 10.2 Å². The second-order valence-electron chi connectivity index (χ2n) is 7.25. The first-order valence-corrected chi connectivity index (χ1v) is 10.2. The summed E-state index contributed by atoms with van der Waals surface area (Å²) in [6, 6.07) is 10.8. The van der Waals surface area contributed by atoms with Gasteiger partial charge in [-0.3, -0.25) is 0 Å². The molecule has 0 unspecified atom stereocenters. The molecule has 0 saturated carbocycles. The molecule has 1 fully saturated rings. The monoisotopic (exact) mass is 382 g/mol. The first-order chi connectivity index (χ1) is 13.1. The van der Waals surface area contributed by atoms with Crippen molar-refractivity contribution in [1.29, 1.82) is 0 Å². The molecular formula is C21H26N4OS. The van der Waals surface area contributed by atoms with E-state index in [0.29, 0.717) is 13.2 Å². The fourth-order valence-corrected chi connectivity index (χ4v) is 4.41. The third-order valence-corrected chi connectivity index (χ3v) is 5.66. The molecular weight excluding hydrogens is 356 g/mol. The Labute approximate surface area is 164 Å². The predicted octanol–water partition coefficient (Wildman–Crippen LogP) is 4.06. The lowest BCUT2D eigenvalue weighted by Gasteiger charge is -2.35. The summed E-state index contributed by atoms with van der Waals surface area (Å²) in [5.41, 5.74) is 4.29. The van der Waals surface area contributed by atoms with Gasteiger partial charge in [0.15, 0.2) is 0 Å². The summed E-state index contributed by atoms with van der Waals surface area (Å²) < 4.78 is 5.79. The van der Waals surface area contributed by atoms with E-state index in [1.807, 2.05) is 19.1 Å². The Morgan fingerprint density at radius 2 is 2.26 bits per heavy atom. The maximum atomic E-state index is 5.79. The molecule has 0 radical (unpaired) electrons. The maximum Gasteiger partial charge on any atom is 0.139 e. The van der Waals surface area contributed by atoms with Gasteiger partial charge in [0.1, 0.15) is 10.8 Å². The molecule has 2 aliphatic rings. The lowest BCUT2D eigenvalue weighted by Crippen LogP contribution is -2.54. The molecule has 1 aromatic heterocycles. The lowest BCUT2D eigenvalue weighted by molar-refractivity contribution is 0.111. The van der Waals surface area contributed by atoms with E-state index < -0.39 is 0 Å². The highest BCUT2D eigenvalue weighted by molar-refractivity contribution is 7.16. The Bertz CT molecular complexity index is 873. The Hall–Kier alpha value is -2.15. The van der Waals surface area contributed by atoms with E-state index in [2.05, 4.69) is 47.2 Å². The lowest BCUT2D eigenvalue weighted by atomic mass is 10.1. The minimum absolute atomic E-state index is 0.287. The summed E-state index contributed by atoms with van der Waals surface area (Å²) in [6.07, 6.45) is 0. The van der Waals surface area contributed by atoms with Crippen LogP contribution in [0.2, 0.25) is 0 Å². The van der Waals surface area contributed by atoms with E-state index in [0.717, 1.165) is 42.4 Å². The number of hydrogen-bond donors (Lipinski definition) is 2. The van der Waals surface area contributed by atoms with Crippen LogP contribution < -0.4 is 10.6 Å². The summed E-state index contributed by atoms with van der Waals surface area (Å²) in [5, 5.41) is 8.31. The number of fused-ring (bicyclic) bond motifs is 2. The Kier molecular flexibility index (Phi) is 5.29. The molecule has 1 saturated heterocycles. The van der Waals surface area contributed by atoms with Crippen LogP contribution in [0.1, 0.15) is 17.4 Å². The molecule has 5 nitrogen and oxygen atoms in total. The van der Waals surface area contributed by atoms with Gasteiger partial charge in [-0.25, -0.2) is 4.99 Å². The number of nitrogens with zero attached hydrogens (tertiary/aromatic N) is 2. The van der Waals surface area contributed by atoms with E-state index in [1.54, 1.807) is 11.3 Å². The fraction of sp³-hybridized carbons (Fsp3) is 0.381. The van der Waals surface area contributed by atoms with Crippen LogP contribution in [0.4, 0.5) is 16.4 Å². The Morgan fingerprint density at radius 1 is 1.41 bits per heavy atom. The van der Waals surface area contributed by atoms with E-state index in [-0.39, 0.29) is 6.04 Å². The molecule has 1 aromatic carbocycles. The van der Waals surface area contributed by atoms with Gasteiger partial charge in [-0.1, -0.05) is 24.3 Å². The highest BCUT2D eigenvalue weighted by atomic mass is 32.1. The number of thiophene rings is 1. The summed E-state index contributed by atoms with van der Waals surface area (Å²) in [7, 11) is 0. The zero-order valence-corrected chi connectivity index (χ0v) is 16.7. The average molecular weight is 383 g/mol. The van der Waals surface area contributed by atoms with Gasteiger partial charge in [-0.05, 0) is 32.0 Å². The van der Waals surface area contributed by atoms with Crippen molar-refractivity contribution < 1.29 is 4.74 Å². The number of aryl methyl sites for hydroxylation is 1. The van der Waals surface area contributed by atoms with Gasteiger partial charge in [-0.15, -0.1) is 11.3 Å². The number of nitrogens with one attached hydrogen (secondary N) is 2. The molecule has 3 heterocycles. The molecule has 0 spiro atoms. The summed E-state index contributed by atoms with van der Waals surface area (Å²) in [4.78, 5) is 8.74. The van der Waals surface area contributed by atoms with Crippen molar-refractivity contribution in [2.75, 3.05) is 38.2 Å². The Balaban J connectivity index is 1.60. The molecule has 0 aliphatic carbocycles. The summed E-state index contributed by atoms with van der Waals surface area (Å²) in [5.74, 6) is 1.05. The number of rotatable bonds is 4. The van der Waals surface area contributed by atoms with Crippen LogP contribution in [-0.4, -0.2) is 49.6 Å². The van der Waals surface area contributed by atoms with Crippen LogP contribution in [0.3, 0.4) is 0 Å². The highest BCUT2D eigenvalue weighted by Gasteiger charge is 2.27. The average Bonchev–Trinajstić information content (AvgIpc) is 2.93. The van der Waals surface area contributed by atoms with Gasteiger partial charge in [0.2, 0.25) is 0 Å². The normalized spacial score (nSPS) is 18.8. The quantitative estimate of drug-likeness (QED) is 0.783. The summed E-state index contributed by atoms with van der Waals surface area (Å²) in [6.45, 7) is 12.1. The van der Waals surface area contributed by atoms with Gasteiger partial charge in [0, 0.05) is 30.6 Å². The molecule has 4 rings (SSSR count). The van der Waals surface area contributed by atoms with Gasteiger partial charge in [-0.2, -0.15) is 0 Å². The standard InChI is InChI=1S/C21H26N4OS/c1-14(2)12-26-13-16-11-25(9-8-22-16)20-17-10-15(3)27-21(17)24-19-7-5-4-6-18(19)23-20/h4-7,10,16,22,24H,1,8-9,11-13H2,2-3H3/t16-/m1/s1. The number of benzene rings is 1. The third-order valence-electron chi connectivity index (χ3n) is 4.70. The van der Waals surface area contributed by atoms with Gasteiger partial charge in [0.25, 0.3) is 0 Å². The van der Waals surface area contributed by atoms with Crippen LogP contribution in [0, 0.1) is 6.92 Å². The van der Waals surface area contributed by atoms with Crippen molar-refractivity contribution in [3.05, 3.63) is 52.9 Å². The van der Waals surface area contributed by atoms with Crippen molar-refractivity contribution in [3.63, 3.8) is 0 Å². The van der Waals surface area contributed by atoms with Crippen molar-refractivity contribution >= 4 is 33.5 Å². The van der Waals surface area contributed by atoms with E-state index >= 15 is 0 Å². The van der Waals surface area contributed by atoms with Crippen LogP contribution in [-0.2, 0) is 4.74 Å². The molecule has 1 atom stereocenters. The van der Waals surface area contributed by atoms with E-state index in [9.17, 15) is 0 Å². The minimum atomic E-state index is 0.287. The predicted molar refractivity (Wildman–Crippen MR) is 114 cm³/mol. The Morgan fingerprint density at radius 3 is 3.11 bits per heavy atom. The molecule has 2 aliphatic heterocycles. The second kappa shape index (κ2) is 7.84. The van der Waals surface area contributed by atoms with Crippen LogP contribution in [0.25, 0.3) is 0 Å². The number of anilines is 2. The number of aliphatic imine (C=N–C) groups is 1. The zero-order chi connectivity index (χ0) is 18.8. The topological polar surface area (TPSA) is 48.9 Å². The molecule has 2 N–H and O–H groups in total. The van der Waals surface area contributed by atoms with E-state index in [1.165, 1.54) is 15.4 Å². The number of para-hydroxylation sites is 2. The first kappa shape index (κ1) is 18.2. The van der Waals surface area contributed by atoms with Crippen molar-refractivity contribution in [2.24, 2.45) is 4.99 Å². The summed E-state index contributed by atoms with van der Waals surface area (Å²) >= 11 is 1.78. The molecule has 142 valence electrons. The van der Waals surface area contributed by atoms with Crippen molar-refractivity contribution in [3.8, 4) is 0 Å². The molecule has 2 aromatic rings. The highest BCUT2D eigenvalue weighted by Crippen LogP contribution is 2.39. The van der Waals surface area contributed by atoms with Gasteiger partial charge >= 0.3 is 0 Å². The number of hydrogen-bond acceptors (Lipinski definition) is 6. The molecule has 0 amide bonds. The van der Waals surface area contributed by atoms with Crippen LogP contribution >= 0.6 is 11.3 Å². The largest absolute Gasteiger partial charge is 0.375 e. The molecule has 0 bridgehead atoms. The molecule has 27 heavy (non-hydrogen) atoms.